The number of aromatic nitrogens is 4. The summed E-state index contributed by atoms with van der Waals surface area (Å²) in [6, 6.07) is 15.5. The van der Waals surface area contributed by atoms with Crippen LogP contribution in [0.5, 0.6) is 0 Å². The van der Waals surface area contributed by atoms with Gasteiger partial charge in [-0.2, -0.15) is 5.10 Å². The van der Waals surface area contributed by atoms with Crippen LogP contribution < -0.4 is 0 Å². The zero-order valence-electron chi connectivity index (χ0n) is 15.6. The molecule has 0 fully saturated rings. The molecule has 0 saturated carbocycles. The van der Waals surface area contributed by atoms with Crippen LogP contribution in [-0.2, 0) is 6.54 Å². The third kappa shape index (κ3) is 3.10. The highest BCUT2D eigenvalue weighted by atomic mass is 16.2. The number of amides is 1. The van der Waals surface area contributed by atoms with E-state index in [4.69, 9.17) is 0 Å². The minimum atomic E-state index is -0.0299. The molecule has 0 aliphatic rings. The van der Waals surface area contributed by atoms with E-state index in [0.29, 0.717) is 12.1 Å². The zero-order valence-corrected chi connectivity index (χ0v) is 15.6. The number of rotatable bonds is 4. The van der Waals surface area contributed by atoms with Crippen LogP contribution in [0.1, 0.15) is 27.3 Å². The average Bonchev–Trinajstić information content (AvgIpc) is 3.27. The fraction of sp³-hybridized carbons (Fsp3) is 0.190. The molecule has 6 nitrogen and oxygen atoms in total. The molecule has 1 N–H and O–H groups in total. The fourth-order valence-corrected chi connectivity index (χ4v) is 3.32. The number of aromatic amines is 1. The van der Waals surface area contributed by atoms with E-state index >= 15 is 0 Å². The summed E-state index contributed by atoms with van der Waals surface area (Å²) in [5.74, 6) is -0.0299. The lowest BCUT2D eigenvalue weighted by Gasteiger charge is -2.18. The molecule has 2 heterocycles. The van der Waals surface area contributed by atoms with Gasteiger partial charge in [-0.15, -0.1) is 0 Å². The molecule has 0 unspecified atom stereocenters. The summed E-state index contributed by atoms with van der Waals surface area (Å²) in [5, 5.41) is 4.66. The van der Waals surface area contributed by atoms with Crippen molar-refractivity contribution >= 4 is 16.9 Å². The number of carbonyl (C=O) groups excluding carboxylic acids is 1. The lowest BCUT2D eigenvalue weighted by atomic mass is 10.1. The smallest absolute Gasteiger partial charge is 0.253 e. The first-order valence-corrected chi connectivity index (χ1v) is 8.83. The predicted molar refractivity (Wildman–Crippen MR) is 105 cm³/mol. The van der Waals surface area contributed by atoms with Crippen LogP contribution in [0, 0.1) is 13.8 Å². The Hall–Kier alpha value is -3.41. The fourth-order valence-electron chi connectivity index (χ4n) is 3.32. The Morgan fingerprint density at radius 1 is 1.15 bits per heavy atom. The van der Waals surface area contributed by atoms with Gasteiger partial charge in [-0.25, -0.2) is 9.67 Å². The second kappa shape index (κ2) is 6.72. The summed E-state index contributed by atoms with van der Waals surface area (Å²) in [5.41, 5.74) is 6.41. The van der Waals surface area contributed by atoms with Crippen molar-refractivity contribution in [2.45, 2.75) is 20.4 Å². The number of nitrogens with zero attached hydrogens (tertiary/aromatic N) is 4. The van der Waals surface area contributed by atoms with Crippen molar-refractivity contribution in [1.82, 2.24) is 24.6 Å². The van der Waals surface area contributed by atoms with Gasteiger partial charge in [-0.05, 0) is 44.2 Å². The summed E-state index contributed by atoms with van der Waals surface area (Å²) in [6.07, 6.45) is 1.63. The van der Waals surface area contributed by atoms with E-state index < -0.39 is 0 Å². The van der Waals surface area contributed by atoms with E-state index in [1.165, 1.54) is 0 Å². The number of nitrogens with one attached hydrogen (secondary N) is 1. The number of carbonyl (C=O) groups is 1. The number of hydrogen-bond donors (Lipinski definition) is 1. The van der Waals surface area contributed by atoms with Gasteiger partial charge in [-0.3, -0.25) is 4.79 Å². The molecule has 136 valence electrons. The van der Waals surface area contributed by atoms with Crippen molar-refractivity contribution < 1.29 is 4.79 Å². The Labute approximate surface area is 157 Å². The predicted octanol–water partition coefficient (Wildman–Crippen LogP) is 3.64. The second-order valence-electron chi connectivity index (χ2n) is 6.69. The molecule has 4 rings (SSSR count). The van der Waals surface area contributed by atoms with Crippen LogP contribution in [0.25, 0.3) is 16.7 Å². The van der Waals surface area contributed by atoms with Gasteiger partial charge in [0.1, 0.15) is 0 Å². The maximum Gasteiger partial charge on any atom is 0.253 e. The molecule has 0 saturated heterocycles. The first-order chi connectivity index (χ1) is 13.0. The Morgan fingerprint density at radius 2 is 1.93 bits per heavy atom. The first kappa shape index (κ1) is 17.0. The van der Waals surface area contributed by atoms with Crippen LogP contribution >= 0.6 is 0 Å². The first-order valence-electron chi connectivity index (χ1n) is 8.83. The van der Waals surface area contributed by atoms with Crippen LogP contribution in [0.15, 0.2) is 54.9 Å². The monoisotopic (exact) mass is 359 g/mol. The van der Waals surface area contributed by atoms with E-state index in [1.807, 2.05) is 74.1 Å². The number of fused-ring (bicyclic) bond motifs is 1. The van der Waals surface area contributed by atoms with Crippen molar-refractivity contribution in [2.24, 2.45) is 0 Å². The van der Waals surface area contributed by atoms with Crippen molar-refractivity contribution in [2.75, 3.05) is 7.05 Å². The number of para-hydroxylation sites is 1. The topological polar surface area (TPSA) is 66.8 Å². The lowest BCUT2D eigenvalue weighted by molar-refractivity contribution is 0.0785. The van der Waals surface area contributed by atoms with Gasteiger partial charge < -0.3 is 9.88 Å². The van der Waals surface area contributed by atoms with Gasteiger partial charge in [0, 0.05) is 30.4 Å². The Morgan fingerprint density at radius 3 is 2.70 bits per heavy atom. The van der Waals surface area contributed by atoms with Gasteiger partial charge in [0.05, 0.1) is 28.7 Å². The number of hydrogen-bond acceptors (Lipinski definition) is 3. The molecule has 2 aromatic heterocycles. The Kier molecular flexibility index (Phi) is 4.24. The maximum atomic E-state index is 12.9. The Balaban J connectivity index is 1.60. The maximum absolute atomic E-state index is 12.9. The molecule has 4 aromatic rings. The highest BCUT2D eigenvalue weighted by Gasteiger charge is 2.18. The number of H-pyrrole nitrogens is 1. The number of benzene rings is 2. The van der Waals surface area contributed by atoms with Gasteiger partial charge in [0.15, 0.2) is 0 Å². The second-order valence-corrected chi connectivity index (χ2v) is 6.69. The molecule has 0 aliphatic heterocycles. The van der Waals surface area contributed by atoms with E-state index in [-0.39, 0.29) is 5.91 Å². The normalized spacial score (nSPS) is 11.1. The molecule has 0 spiro atoms. The molecule has 0 radical (unpaired) electrons. The molecule has 27 heavy (non-hydrogen) atoms. The van der Waals surface area contributed by atoms with Crippen LogP contribution in [-0.4, -0.2) is 37.6 Å². The molecule has 0 bridgehead atoms. The van der Waals surface area contributed by atoms with Gasteiger partial charge in [-0.1, -0.05) is 18.2 Å². The van der Waals surface area contributed by atoms with Crippen LogP contribution in [0.3, 0.4) is 0 Å². The summed E-state index contributed by atoms with van der Waals surface area (Å²) in [6.45, 7) is 4.53. The molecule has 2 aromatic carbocycles. The highest BCUT2D eigenvalue weighted by molar-refractivity contribution is 5.97. The van der Waals surface area contributed by atoms with Crippen molar-refractivity contribution in [3.8, 4) is 5.69 Å². The van der Waals surface area contributed by atoms with Gasteiger partial charge >= 0.3 is 0 Å². The Bertz CT molecular complexity index is 1110. The minimum Gasteiger partial charge on any atom is -0.345 e. The van der Waals surface area contributed by atoms with Gasteiger partial charge in [0.2, 0.25) is 0 Å². The van der Waals surface area contributed by atoms with E-state index in [2.05, 4.69) is 15.1 Å². The summed E-state index contributed by atoms with van der Waals surface area (Å²) < 4.78 is 1.93. The average molecular weight is 359 g/mol. The van der Waals surface area contributed by atoms with Crippen LogP contribution in [0.2, 0.25) is 0 Å². The number of aryl methyl sites for hydroxylation is 1. The third-order valence-electron chi connectivity index (χ3n) is 4.85. The SMILES string of the molecule is Cc1nn(-c2ccccc2)c(C)c1CN(C)C(=O)c1ccc2nc[nH]c2c1. The molecule has 0 aliphatic carbocycles. The van der Waals surface area contributed by atoms with E-state index in [1.54, 1.807) is 11.2 Å². The molecule has 6 heteroatoms. The summed E-state index contributed by atoms with van der Waals surface area (Å²) >= 11 is 0. The zero-order chi connectivity index (χ0) is 19.0. The largest absolute Gasteiger partial charge is 0.345 e. The molecule has 1 amide bonds. The van der Waals surface area contributed by atoms with Crippen molar-refractivity contribution in [3.63, 3.8) is 0 Å². The summed E-state index contributed by atoms with van der Waals surface area (Å²) in [4.78, 5) is 21.8. The van der Waals surface area contributed by atoms with E-state index in [0.717, 1.165) is 33.7 Å². The van der Waals surface area contributed by atoms with Gasteiger partial charge in [0.25, 0.3) is 5.91 Å². The third-order valence-corrected chi connectivity index (χ3v) is 4.85. The molecule has 0 atom stereocenters. The minimum absolute atomic E-state index is 0.0299. The standard InChI is InChI=1S/C21H21N5O/c1-14-18(15(2)26(24-14)17-7-5-4-6-8-17)12-25(3)21(27)16-9-10-19-20(11-16)23-13-22-19/h4-11,13H,12H2,1-3H3,(H,22,23). The lowest BCUT2D eigenvalue weighted by Crippen LogP contribution is -2.26. The van der Waals surface area contributed by atoms with Crippen molar-refractivity contribution in [3.05, 3.63) is 77.4 Å². The highest BCUT2D eigenvalue weighted by Crippen LogP contribution is 2.20. The van der Waals surface area contributed by atoms with Crippen LogP contribution in [0.4, 0.5) is 0 Å². The summed E-state index contributed by atoms with van der Waals surface area (Å²) in [7, 11) is 1.82. The van der Waals surface area contributed by atoms with Crippen molar-refractivity contribution in [1.29, 1.82) is 0 Å². The molecular formula is C21H21N5O. The van der Waals surface area contributed by atoms with E-state index in [9.17, 15) is 4.79 Å². The molecular weight excluding hydrogens is 338 g/mol. The number of imidazole rings is 1. The quantitative estimate of drug-likeness (QED) is 0.605.